The zero-order chi connectivity index (χ0) is 8.10. The van der Waals surface area contributed by atoms with E-state index in [-0.39, 0.29) is 0 Å². The fraction of sp³-hybridized carbons (Fsp3) is 0.333. The SMILES string of the molecule is CCNO.c1ccc2c(c1)C2. The minimum absolute atomic E-state index is 0.625. The summed E-state index contributed by atoms with van der Waals surface area (Å²) in [6.07, 6.45) is 1.24. The van der Waals surface area contributed by atoms with Gasteiger partial charge in [0.2, 0.25) is 0 Å². The van der Waals surface area contributed by atoms with Crippen molar-refractivity contribution >= 4 is 0 Å². The Balaban J connectivity index is 0.000000134. The fourth-order valence-electron chi connectivity index (χ4n) is 0.836. The molecule has 1 aliphatic carbocycles. The summed E-state index contributed by atoms with van der Waals surface area (Å²) >= 11 is 0. The molecule has 1 aromatic carbocycles. The normalized spacial score (nSPS) is 11.1. The molecular formula is C9H13NO. The van der Waals surface area contributed by atoms with Crippen molar-refractivity contribution in [3.8, 4) is 0 Å². The molecule has 0 saturated heterocycles. The molecule has 60 valence electrons. The van der Waals surface area contributed by atoms with Crippen molar-refractivity contribution in [2.24, 2.45) is 0 Å². The van der Waals surface area contributed by atoms with E-state index in [1.807, 2.05) is 12.4 Å². The Labute approximate surface area is 66.8 Å². The number of hydrogen-bond acceptors (Lipinski definition) is 2. The molecule has 0 unspecified atom stereocenters. The first-order chi connectivity index (χ1) is 5.38. The highest BCUT2D eigenvalue weighted by atomic mass is 16.5. The van der Waals surface area contributed by atoms with Gasteiger partial charge in [0, 0.05) is 6.54 Å². The lowest BCUT2D eigenvalue weighted by molar-refractivity contribution is 0.173. The summed E-state index contributed by atoms with van der Waals surface area (Å²) in [5.74, 6) is 0. The molecule has 2 nitrogen and oxygen atoms in total. The van der Waals surface area contributed by atoms with E-state index in [2.05, 4.69) is 24.3 Å². The molecule has 0 saturated carbocycles. The van der Waals surface area contributed by atoms with E-state index in [4.69, 9.17) is 5.21 Å². The van der Waals surface area contributed by atoms with Crippen LogP contribution < -0.4 is 5.48 Å². The lowest BCUT2D eigenvalue weighted by Crippen LogP contribution is -2.02. The van der Waals surface area contributed by atoms with Crippen molar-refractivity contribution < 1.29 is 5.21 Å². The molecule has 0 aliphatic heterocycles. The van der Waals surface area contributed by atoms with Gasteiger partial charge in [-0.3, -0.25) is 0 Å². The average molecular weight is 151 g/mol. The highest BCUT2D eigenvalue weighted by molar-refractivity contribution is 5.44. The first-order valence-corrected chi connectivity index (χ1v) is 3.82. The molecule has 0 heterocycles. The fourth-order valence-corrected chi connectivity index (χ4v) is 0.836. The predicted molar refractivity (Wildman–Crippen MR) is 44.7 cm³/mol. The van der Waals surface area contributed by atoms with Crippen LogP contribution in [0.2, 0.25) is 0 Å². The topological polar surface area (TPSA) is 32.3 Å². The lowest BCUT2D eigenvalue weighted by atomic mass is 10.4. The number of rotatable bonds is 1. The van der Waals surface area contributed by atoms with E-state index >= 15 is 0 Å². The molecule has 2 N–H and O–H groups in total. The largest absolute Gasteiger partial charge is 0.317 e. The van der Waals surface area contributed by atoms with Gasteiger partial charge in [-0.05, 0) is 17.5 Å². The van der Waals surface area contributed by atoms with E-state index in [9.17, 15) is 0 Å². The number of benzene rings is 1. The Morgan fingerprint density at radius 1 is 1.36 bits per heavy atom. The minimum atomic E-state index is 0.625. The van der Waals surface area contributed by atoms with Gasteiger partial charge in [-0.1, -0.05) is 31.2 Å². The molecule has 0 amide bonds. The molecule has 2 rings (SSSR count). The molecular weight excluding hydrogens is 138 g/mol. The number of hydroxylamine groups is 1. The van der Waals surface area contributed by atoms with E-state index in [1.54, 1.807) is 0 Å². The van der Waals surface area contributed by atoms with Crippen LogP contribution in [0.25, 0.3) is 0 Å². The molecule has 0 aromatic heterocycles. The maximum atomic E-state index is 7.62. The molecule has 0 radical (unpaired) electrons. The Bertz CT molecular complexity index is 200. The van der Waals surface area contributed by atoms with Crippen molar-refractivity contribution in [2.45, 2.75) is 13.3 Å². The summed E-state index contributed by atoms with van der Waals surface area (Å²) in [7, 11) is 0. The van der Waals surface area contributed by atoms with Crippen molar-refractivity contribution in [2.75, 3.05) is 6.54 Å². The van der Waals surface area contributed by atoms with Gasteiger partial charge in [0.25, 0.3) is 0 Å². The van der Waals surface area contributed by atoms with Crippen LogP contribution in [-0.4, -0.2) is 11.8 Å². The second-order valence-corrected chi connectivity index (χ2v) is 2.46. The van der Waals surface area contributed by atoms with Gasteiger partial charge >= 0.3 is 0 Å². The third-order valence-corrected chi connectivity index (χ3v) is 1.53. The summed E-state index contributed by atoms with van der Waals surface area (Å²) in [5.41, 5.74) is 4.99. The molecule has 11 heavy (non-hydrogen) atoms. The van der Waals surface area contributed by atoms with Gasteiger partial charge < -0.3 is 5.21 Å². The molecule has 1 aromatic rings. The summed E-state index contributed by atoms with van der Waals surface area (Å²) in [4.78, 5) is 0. The Morgan fingerprint density at radius 3 is 2.09 bits per heavy atom. The Hall–Kier alpha value is -0.860. The van der Waals surface area contributed by atoms with Crippen molar-refractivity contribution in [3.63, 3.8) is 0 Å². The van der Waals surface area contributed by atoms with Gasteiger partial charge in [-0.15, -0.1) is 0 Å². The summed E-state index contributed by atoms with van der Waals surface area (Å²) in [6, 6.07) is 8.53. The second-order valence-electron chi connectivity index (χ2n) is 2.46. The van der Waals surface area contributed by atoms with Crippen LogP contribution in [0.1, 0.15) is 18.1 Å². The van der Waals surface area contributed by atoms with E-state index < -0.39 is 0 Å². The van der Waals surface area contributed by atoms with Crippen LogP contribution in [0.3, 0.4) is 0 Å². The van der Waals surface area contributed by atoms with E-state index in [0.29, 0.717) is 6.54 Å². The van der Waals surface area contributed by atoms with Gasteiger partial charge in [-0.2, -0.15) is 0 Å². The summed E-state index contributed by atoms with van der Waals surface area (Å²) in [5, 5.41) is 7.62. The maximum Gasteiger partial charge on any atom is 0.0179 e. The lowest BCUT2D eigenvalue weighted by Gasteiger charge is -1.75. The third-order valence-electron chi connectivity index (χ3n) is 1.53. The van der Waals surface area contributed by atoms with Crippen molar-refractivity contribution in [1.29, 1.82) is 0 Å². The minimum Gasteiger partial charge on any atom is -0.317 e. The van der Waals surface area contributed by atoms with Gasteiger partial charge in [-0.25, -0.2) is 5.48 Å². The first-order valence-electron chi connectivity index (χ1n) is 3.82. The first kappa shape index (κ1) is 8.24. The van der Waals surface area contributed by atoms with Crippen LogP contribution in [0, 0.1) is 0 Å². The molecule has 0 bridgehead atoms. The van der Waals surface area contributed by atoms with Crippen LogP contribution in [0.4, 0.5) is 0 Å². The highest BCUT2D eigenvalue weighted by Gasteiger charge is 2.12. The zero-order valence-electron chi connectivity index (χ0n) is 6.67. The van der Waals surface area contributed by atoms with Gasteiger partial charge in [0.15, 0.2) is 0 Å². The van der Waals surface area contributed by atoms with Gasteiger partial charge in [0.05, 0.1) is 0 Å². The predicted octanol–water partition coefficient (Wildman–Crippen LogP) is 1.58. The zero-order valence-corrected chi connectivity index (χ0v) is 6.67. The van der Waals surface area contributed by atoms with Crippen molar-refractivity contribution in [1.82, 2.24) is 5.48 Å². The van der Waals surface area contributed by atoms with E-state index in [1.165, 1.54) is 17.5 Å². The smallest absolute Gasteiger partial charge is 0.0179 e. The summed E-state index contributed by atoms with van der Waals surface area (Å²) in [6.45, 7) is 2.44. The number of hydrogen-bond donors (Lipinski definition) is 2. The third kappa shape index (κ3) is 2.70. The summed E-state index contributed by atoms with van der Waals surface area (Å²) < 4.78 is 0. The van der Waals surface area contributed by atoms with Crippen LogP contribution in [-0.2, 0) is 6.42 Å². The molecule has 2 heteroatoms. The standard InChI is InChI=1S/C7H6.C2H7NO/c1-2-4-7-5-6(7)3-1;1-2-3-4/h1-4H,5H2;3-4H,2H2,1H3. The Morgan fingerprint density at radius 2 is 1.82 bits per heavy atom. The number of nitrogens with one attached hydrogen (secondary N) is 1. The highest BCUT2D eigenvalue weighted by Crippen LogP contribution is 2.25. The van der Waals surface area contributed by atoms with Crippen LogP contribution in [0.15, 0.2) is 24.3 Å². The Kier molecular flexibility index (Phi) is 3.08. The monoisotopic (exact) mass is 151 g/mol. The van der Waals surface area contributed by atoms with Gasteiger partial charge in [0.1, 0.15) is 0 Å². The number of fused-ring (bicyclic) bond motifs is 1. The molecule has 0 fully saturated rings. The second kappa shape index (κ2) is 4.11. The molecule has 0 spiro atoms. The quantitative estimate of drug-likeness (QED) is 0.606. The van der Waals surface area contributed by atoms with E-state index in [0.717, 1.165) is 0 Å². The van der Waals surface area contributed by atoms with Crippen LogP contribution in [0.5, 0.6) is 0 Å². The van der Waals surface area contributed by atoms with Crippen molar-refractivity contribution in [3.05, 3.63) is 35.4 Å². The average Bonchev–Trinajstić information content (AvgIpc) is 2.83. The maximum absolute atomic E-state index is 7.62. The molecule has 0 atom stereocenters. The molecule has 1 aliphatic rings. The van der Waals surface area contributed by atoms with Crippen LogP contribution >= 0.6 is 0 Å².